The molecular weight excluding hydrogens is 271 g/mol. The maximum atomic E-state index is 10.4. The Morgan fingerprint density at radius 3 is 3.00 bits per heavy atom. The van der Waals surface area contributed by atoms with Crippen molar-refractivity contribution in [1.82, 2.24) is 4.98 Å². The Labute approximate surface area is 94.2 Å². The Kier molecular flexibility index (Phi) is 3.86. The summed E-state index contributed by atoms with van der Waals surface area (Å²) in [7, 11) is 0. The smallest absolute Gasteiger partial charge is 0.305 e. The Morgan fingerprint density at radius 2 is 2.43 bits per heavy atom. The van der Waals surface area contributed by atoms with Crippen molar-refractivity contribution >= 4 is 33.5 Å². The molecule has 6 heteroatoms. The summed E-state index contributed by atoms with van der Waals surface area (Å²) in [6, 6.07) is 1.000. The molecule has 3 N–H and O–H groups in total. The quantitative estimate of drug-likeness (QED) is 0.829. The summed E-state index contributed by atoms with van der Waals surface area (Å²) in [4.78, 5) is 14.3. The van der Waals surface area contributed by atoms with Crippen LogP contribution >= 0.6 is 27.5 Å². The van der Waals surface area contributed by atoms with Crippen molar-refractivity contribution in [2.45, 2.75) is 12.5 Å². The van der Waals surface area contributed by atoms with Gasteiger partial charge in [0, 0.05) is 17.8 Å². The molecule has 0 saturated carbocycles. The number of hydrogen-bond donors (Lipinski definition) is 2. The number of nitrogens with zero attached hydrogens (tertiary/aromatic N) is 1. The fraction of sp³-hybridized carbons (Fsp3) is 0.250. The van der Waals surface area contributed by atoms with Gasteiger partial charge in [-0.2, -0.15) is 0 Å². The SMILES string of the molecule is NC(CC(=O)O)c1cc(Cl)cnc1Br. The number of aliphatic carboxylic acids is 1. The zero-order chi connectivity index (χ0) is 10.7. The molecule has 1 rings (SSSR count). The summed E-state index contributed by atoms with van der Waals surface area (Å²) in [5.74, 6) is -0.954. The third kappa shape index (κ3) is 2.94. The molecular formula is C8H8BrClN2O2. The Bertz CT molecular complexity index is 359. The van der Waals surface area contributed by atoms with Crippen molar-refractivity contribution in [2.24, 2.45) is 5.73 Å². The van der Waals surface area contributed by atoms with Crippen molar-refractivity contribution in [3.8, 4) is 0 Å². The van der Waals surface area contributed by atoms with Crippen LogP contribution in [-0.2, 0) is 4.79 Å². The van der Waals surface area contributed by atoms with Gasteiger partial charge in [0.25, 0.3) is 0 Å². The van der Waals surface area contributed by atoms with Gasteiger partial charge in [0.05, 0.1) is 11.4 Å². The van der Waals surface area contributed by atoms with Crippen LogP contribution in [0.2, 0.25) is 5.02 Å². The minimum atomic E-state index is -0.954. The van der Waals surface area contributed by atoms with E-state index in [1.165, 1.54) is 6.20 Å². The second-order valence-corrected chi connectivity index (χ2v) is 3.93. The summed E-state index contributed by atoms with van der Waals surface area (Å²) in [6.45, 7) is 0. The van der Waals surface area contributed by atoms with Gasteiger partial charge in [-0.1, -0.05) is 11.6 Å². The number of halogens is 2. The van der Waals surface area contributed by atoms with Crippen LogP contribution in [0.1, 0.15) is 18.0 Å². The van der Waals surface area contributed by atoms with Gasteiger partial charge in [0.2, 0.25) is 0 Å². The van der Waals surface area contributed by atoms with Gasteiger partial charge in [0.1, 0.15) is 4.60 Å². The number of hydrogen-bond acceptors (Lipinski definition) is 3. The lowest BCUT2D eigenvalue weighted by molar-refractivity contribution is -0.137. The van der Waals surface area contributed by atoms with Crippen molar-refractivity contribution < 1.29 is 9.90 Å². The highest BCUT2D eigenvalue weighted by molar-refractivity contribution is 9.10. The van der Waals surface area contributed by atoms with Crippen molar-refractivity contribution in [2.75, 3.05) is 0 Å². The first-order valence-corrected chi connectivity index (χ1v) is 4.96. The van der Waals surface area contributed by atoms with E-state index in [4.69, 9.17) is 22.4 Å². The fourth-order valence-electron chi connectivity index (χ4n) is 0.996. The van der Waals surface area contributed by atoms with E-state index in [1.807, 2.05) is 0 Å². The highest BCUT2D eigenvalue weighted by atomic mass is 79.9. The minimum Gasteiger partial charge on any atom is -0.481 e. The van der Waals surface area contributed by atoms with E-state index < -0.39 is 12.0 Å². The number of carboxylic acid groups (broad SMARTS) is 1. The third-order valence-electron chi connectivity index (χ3n) is 1.63. The second kappa shape index (κ2) is 4.72. The van der Waals surface area contributed by atoms with Crippen molar-refractivity contribution in [3.05, 3.63) is 27.5 Å². The Balaban J connectivity index is 2.93. The summed E-state index contributed by atoms with van der Waals surface area (Å²) in [5, 5.41) is 8.99. The number of carboxylic acids is 1. The third-order valence-corrected chi connectivity index (χ3v) is 2.50. The van der Waals surface area contributed by atoms with E-state index >= 15 is 0 Å². The Morgan fingerprint density at radius 1 is 1.79 bits per heavy atom. The first kappa shape index (κ1) is 11.4. The number of aromatic nitrogens is 1. The maximum Gasteiger partial charge on any atom is 0.305 e. The van der Waals surface area contributed by atoms with E-state index in [0.29, 0.717) is 15.2 Å². The highest BCUT2D eigenvalue weighted by Crippen LogP contribution is 2.24. The molecule has 0 aliphatic rings. The molecule has 0 amide bonds. The van der Waals surface area contributed by atoms with Crippen LogP contribution in [0.25, 0.3) is 0 Å². The molecule has 1 heterocycles. The number of carbonyl (C=O) groups is 1. The number of nitrogens with two attached hydrogens (primary N) is 1. The molecule has 1 atom stereocenters. The zero-order valence-electron chi connectivity index (χ0n) is 7.08. The van der Waals surface area contributed by atoms with Gasteiger partial charge < -0.3 is 10.8 Å². The predicted octanol–water partition coefficient (Wildman–Crippen LogP) is 1.97. The molecule has 0 saturated heterocycles. The van der Waals surface area contributed by atoms with E-state index in [-0.39, 0.29) is 6.42 Å². The van der Waals surface area contributed by atoms with Crippen LogP contribution < -0.4 is 5.73 Å². The van der Waals surface area contributed by atoms with E-state index in [1.54, 1.807) is 6.07 Å². The molecule has 0 spiro atoms. The lowest BCUT2D eigenvalue weighted by Crippen LogP contribution is -2.15. The molecule has 14 heavy (non-hydrogen) atoms. The molecule has 0 aliphatic heterocycles. The number of rotatable bonds is 3. The fourth-order valence-corrected chi connectivity index (χ4v) is 1.67. The van der Waals surface area contributed by atoms with E-state index in [0.717, 1.165) is 0 Å². The van der Waals surface area contributed by atoms with Crippen LogP contribution in [-0.4, -0.2) is 16.1 Å². The molecule has 0 aliphatic carbocycles. The number of pyridine rings is 1. The summed E-state index contributed by atoms with van der Waals surface area (Å²) in [6.07, 6.45) is 1.31. The molecule has 1 aromatic heterocycles. The van der Waals surface area contributed by atoms with Gasteiger partial charge in [-0.05, 0) is 22.0 Å². The summed E-state index contributed by atoms with van der Waals surface area (Å²) < 4.78 is 0.524. The normalized spacial score (nSPS) is 12.5. The summed E-state index contributed by atoms with van der Waals surface area (Å²) >= 11 is 8.89. The molecule has 0 aromatic carbocycles. The molecule has 0 fully saturated rings. The Hall–Kier alpha value is -0.650. The second-order valence-electron chi connectivity index (χ2n) is 2.74. The summed E-state index contributed by atoms with van der Waals surface area (Å²) in [5.41, 5.74) is 6.25. The first-order chi connectivity index (χ1) is 6.50. The molecule has 0 bridgehead atoms. The van der Waals surface area contributed by atoms with E-state index in [2.05, 4.69) is 20.9 Å². The van der Waals surface area contributed by atoms with Crippen LogP contribution in [0.4, 0.5) is 0 Å². The van der Waals surface area contributed by atoms with Crippen LogP contribution in [0.15, 0.2) is 16.9 Å². The van der Waals surface area contributed by atoms with Crippen LogP contribution in [0, 0.1) is 0 Å². The van der Waals surface area contributed by atoms with Crippen LogP contribution in [0.3, 0.4) is 0 Å². The topological polar surface area (TPSA) is 76.2 Å². The van der Waals surface area contributed by atoms with Gasteiger partial charge in [0.15, 0.2) is 0 Å². The highest BCUT2D eigenvalue weighted by Gasteiger charge is 2.14. The van der Waals surface area contributed by atoms with Gasteiger partial charge in [-0.15, -0.1) is 0 Å². The standard InChI is InChI=1S/C8H8BrClN2O2/c9-8-5(1-4(10)3-12-8)6(11)2-7(13)14/h1,3,6H,2,11H2,(H,13,14). The minimum absolute atomic E-state index is 0.152. The molecule has 4 nitrogen and oxygen atoms in total. The molecule has 76 valence electrons. The lowest BCUT2D eigenvalue weighted by Gasteiger charge is -2.10. The lowest BCUT2D eigenvalue weighted by atomic mass is 10.1. The monoisotopic (exact) mass is 278 g/mol. The largest absolute Gasteiger partial charge is 0.481 e. The maximum absolute atomic E-state index is 10.4. The predicted molar refractivity (Wildman–Crippen MR) is 56.1 cm³/mol. The molecule has 0 radical (unpaired) electrons. The van der Waals surface area contributed by atoms with E-state index in [9.17, 15) is 4.79 Å². The van der Waals surface area contributed by atoms with Crippen LogP contribution in [0.5, 0.6) is 0 Å². The van der Waals surface area contributed by atoms with Crippen molar-refractivity contribution in [3.63, 3.8) is 0 Å². The average Bonchev–Trinajstić information content (AvgIpc) is 2.08. The van der Waals surface area contributed by atoms with Gasteiger partial charge in [-0.25, -0.2) is 4.98 Å². The zero-order valence-corrected chi connectivity index (χ0v) is 9.42. The van der Waals surface area contributed by atoms with Gasteiger partial charge in [-0.3, -0.25) is 4.79 Å². The molecule has 1 unspecified atom stereocenters. The first-order valence-electron chi connectivity index (χ1n) is 3.79. The van der Waals surface area contributed by atoms with Gasteiger partial charge >= 0.3 is 5.97 Å². The average molecular weight is 280 g/mol. The molecule has 1 aromatic rings. The van der Waals surface area contributed by atoms with Crippen molar-refractivity contribution in [1.29, 1.82) is 0 Å².